The molecule has 2 aliphatic heterocycles. The van der Waals surface area contributed by atoms with Gasteiger partial charge in [-0.1, -0.05) is 56.2 Å². The number of carboxylic acids is 1. The van der Waals surface area contributed by atoms with E-state index < -0.39 is 53.5 Å². The van der Waals surface area contributed by atoms with Gasteiger partial charge in [-0.25, -0.2) is 14.6 Å². The van der Waals surface area contributed by atoms with E-state index in [1.165, 1.54) is 11.0 Å². The zero-order valence-corrected chi connectivity index (χ0v) is 29.2. The molecular weight excluding hydrogens is 652 g/mol. The van der Waals surface area contributed by atoms with Gasteiger partial charge in [-0.15, -0.1) is 6.58 Å². The molecule has 3 heterocycles. The molecule has 1 saturated heterocycles. The van der Waals surface area contributed by atoms with Gasteiger partial charge in [0.2, 0.25) is 11.8 Å². The molecule has 3 amide bonds. The lowest BCUT2D eigenvalue weighted by Crippen LogP contribution is -2.56. The number of methoxy groups -OCH3 is 1. The molecular formula is C39H46N4O8. The quantitative estimate of drug-likeness (QED) is 0.249. The maximum Gasteiger partial charge on any atom is 0.407 e. The fourth-order valence-electron chi connectivity index (χ4n) is 7.19. The summed E-state index contributed by atoms with van der Waals surface area (Å²) >= 11 is 0. The Labute approximate surface area is 297 Å². The van der Waals surface area contributed by atoms with E-state index in [-0.39, 0.29) is 26.0 Å². The molecule has 0 radical (unpaired) electrons. The summed E-state index contributed by atoms with van der Waals surface area (Å²) in [6.07, 6.45) is 5.27. The van der Waals surface area contributed by atoms with E-state index in [0.29, 0.717) is 42.0 Å². The molecule has 12 nitrogen and oxygen atoms in total. The van der Waals surface area contributed by atoms with Crippen LogP contribution in [0.25, 0.3) is 22.2 Å². The smallest absolute Gasteiger partial charge is 0.407 e. The van der Waals surface area contributed by atoms with Crippen molar-refractivity contribution in [1.82, 2.24) is 20.5 Å². The number of fused-ring (bicyclic) bond motifs is 3. The fourth-order valence-corrected chi connectivity index (χ4v) is 7.19. The van der Waals surface area contributed by atoms with Crippen LogP contribution in [0.2, 0.25) is 0 Å². The minimum absolute atomic E-state index is 0.0364. The number of hydrogen-bond acceptors (Lipinski definition) is 8. The number of rotatable bonds is 9. The number of carbonyl (C=O) groups excluding carboxylic acids is 3. The highest BCUT2D eigenvalue weighted by atomic mass is 16.5. The topological polar surface area (TPSA) is 156 Å². The second-order valence-corrected chi connectivity index (χ2v) is 13.6. The van der Waals surface area contributed by atoms with Crippen LogP contribution in [0.15, 0.2) is 61.2 Å². The van der Waals surface area contributed by atoms with Gasteiger partial charge >= 0.3 is 12.1 Å². The summed E-state index contributed by atoms with van der Waals surface area (Å²) in [6, 6.07) is 13.6. The van der Waals surface area contributed by atoms with Gasteiger partial charge in [0, 0.05) is 35.4 Å². The lowest BCUT2D eigenvalue weighted by atomic mass is 10.0. The molecule has 3 aromatic rings. The van der Waals surface area contributed by atoms with E-state index in [1.54, 1.807) is 7.11 Å². The number of amides is 3. The predicted octanol–water partition coefficient (Wildman–Crippen LogP) is 5.42. The molecule has 1 saturated carbocycles. The number of nitrogens with zero attached hydrogens (tertiary/aromatic N) is 2. The van der Waals surface area contributed by atoms with Gasteiger partial charge in [0.25, 0.3) is 0 Å². The molecule has 1 aromatic heterocycles. The number of carbonyl (C=O) groups is 4. The number of aromatic nitrogens is 1. The number of nitrogens with one attached hydrogen (secondary N) is 2. The van der Waals surface area contributed by atoms with Crippen molar-refractivity contribution < 1.29 is 38.5 Å². The van der Waals surface area contributed by atoms with Crippen molar-refractivity contribution in [3.63, 3.8) is 0 Å². The average molecular weight is 699 g/mol. The van der Waals surface area contributed by atoms with E-state index in [9.17, 15) is 24.3 Å². The summed E-state index contributed by atoms with van der Waals surface area (Å²) in [6.45, 7) is 5.94. The van der Waals surface area contributed by atoms with Crippen molar-refractivity contribution in [3.8, 4) is 22.8 Å². The minimum Gasteiger partial charge on any atom is -0.496 e. The number of carboxylic acid groups (broad SMARTS) is 1. The molecule has 12 heteroatoms. The van der Waals surface area contributed by atoms with Crippen LogP contribution in [0.5, 0.6) is 11.5 Å². The number of cyclic esters (lactones) is 1. The molecule has 1 unspecified atom stereocenters. The number of aliphatic carboxylic acids is 1. The SMILES string of the molecule is C=CC1C[C@]1(NC(=O)[C@@H]1C[C@@H]2CN1C(=O)[C@H](CCCC)NC(=O)OCCCCCc1cc3c(cc(-c4ccccc4)nc3cc1OC)O2)C(=O)O. The first-order valence-electron chi connectivity index (χ1n) is 17.8. The van der Waals surface area contributed by atoms with Gasteiger partial charge in [-0.2, -0.15) is 0 Å². The van der Waals surface area contributed by atoms with E-state index in [0.717, 1.165) is 42.2 Å². The third kappa shape index (κ3) is 7.64. The largest absolute Gasteiger partial charge is 0.496 e. The summed E-state index contributed by atoms with van der Waals surface area (Å²) in [5.41, 5.74) is 1.74. The number of benzene rings is 2. The standard InChI is InChI=1S/C39H46N4O8/c1-4-6-16-29-36(45)43-23-27(19-32(43)35(44)42-39(37(46)47)22-26(39)5-2)51-34-20-30(24-13-9-7-10-14-24)40-31-21-33(49-3)25(18-28(31)34)15-11-8-12-17-50-38(48)41-29/h5,7,9-10,13-14,18,20-21,26-27,29,32H,2,4,6,8,11-12,15-17,19,22-23H2,1,3H3,(H,41,48)(H,42,44)(H,46,47)/t26?,27-,29+,32+,39-/m1/s1. The van der Waals surface area contributed by atoms with Crippen LogP contribution in [0.3, 0.4) is 0 Å². The maximum absolute atomic E-state index is 14.3. The Bertz CT molecular complexity index is 1800. The van der Waals surface area contributed by atoms with Crippen molar-refractivity contribution in [2.45, 2.75) is 88.4 Å². The summed E-state index contributed by atoms with van der Waals surface area (Å²) < 4.78 is 18.0. The predicted molar refractivity (Wildman–Crippen MR) is 190 cm³/mol. The second-order valence-electron chi connectivity index (χ2n) is 13.6. The van der Waals surface area contributed by atoms with Crippen LogP contribution >= 0.6 is 0 Å². The first kappa shape index (κ1) is 35.7. The number of hydrogen-bond donors (Lipinski definition) is 3. The number of pyridine rings is 1. The van der Waals surface area contributed by atoms with Gasteiger partial charge in [0.1, 0.15) is 35.2 Å². The molecule has 3 N–H and O–H groups in total. The van der Waals surface area contributed by atoms with Crippen LogP contribution in [0.4, 0.5) is 4.79 Å². The van der Waals surface area contributed by atoms with Crippen LogP contribution in [0, 0.1) is 5.92 Å². The molecule has 5 atom stereocenters. The van der Waals surface area contributed by atoms with Gasteiger partial charge in [-0.3, -0.25) is 9.59 Å². The van der Waals surface area contributed by atoms with Crippen LogP contribution in [0.1, 0.15) is 63.9 Å². The second kappa shape index (κ2) is 15.4. The molecule has 0 spiro atoms. The van der Waals surface area contributed by atoms with Crippen LogP contribution in [-0.4, -0.2) is 82.9 Å². The lowest BCUT2D eigenvalue weighted by Gasteiger charge is -2.29. The molecule has 6 rings (SSSR count). The van der Waals surface area contributed by atoms with Crippen LogP contribution < -0.4 is 20.1 Å². The molecule has 1 aliphatic carbocycles. The number of alkyl carbamates (subject to hydrolysis) is 1. The summed E-state index contributed by atoms with van der Waals surface area (Å²) in [5.74, 6) is -1.39. The average Bonchev–Trinajstić information content (AvgIpc) is 3.70. The Morgan fingerprint density at radius 3 is 2.69 bits per heavy atom. The highest BCUT2D eigenvalue weighted by molar-refractivity contribution is 5.96. The molecule has 51 heavy (non-hydrogen) atoms. The highest BCUT2D eigenvalue weighted by Gasteiger charge is 2.61. The Hall–Kier alpha value is -5.13. The van der Waals surface area contributed by atoms with E-state index in [4.69, 9.17) is 19.2 Å². The lowest BCUT2D eigenvalue weighted by molar-refractivity contribution is -0.145. The first-order chi connectivity index (χ1) is 24.7. The Kier molecular flexibility index (Phi) is 10.8. The van der Waals surface area contributed by atoms with Gasteiger partial charge < -0.3 is 34.9 Å². The zero-order valence-electron chi connectivity index (χ0n) is 29.2. The number of aryl methyl sites for hydroxylation is 1. The highest BCUT2D eigenvalue weighted by Crippen LogP contribution is 2.45. The summed E-state index contributed by atoms with van der Waals surface area (Å²) in [7, 11) is 1.63. The molecule has 2 aromatic carbocycles. The molecule has 2 fully saturated rings. The van der Waals surface area contributed by atoms with E-state index in [1.807, 2.05) is 55.5 Å². The normalized spacial score (nSPS) is 25.2. The van der Waals surface area contributed by atoms with Crippen molar-refractivity contribution in [1.29, 1.82) is 0 Å². The Morgan fingerprint density at radius 2 is 1.98 bits per heavy atom. The van der Waals surface area contributed by atoms with Crippen molar-refractivity contribution in [2.24, 2.45) is 5.92 Å². The summed E-state index contributed by atoms with van der Waals surface area (Å²) in [5, 5.41) is 16.3. The van der Waals surface area contributed by atoms with Crippen molar-refractivity contribution in [3.05, 3.63) is 66.7 Å². The summed E-state index contributed by atoms with van der Waals surface area (Å²) in [4.78, 5) is 59.9. The van der Waals surface area contributed by atoms with Gasteiger partial charge in [-0.05, 0) is 50.2 Å². The fraction of sp³-hybridized carbons (Fsp3) is 0.462. The van der Waals surface area contributed by atoms with Gasteiger partial charge in [0.15, 0.2) is 0 Å². The first-order valence-corrected chi connectivity index (χ1v) is 17.8. The van der Waals surface area contributed by atoms with Crippen molar-refractivity contribution >= 4 is 34.8 Å². The maximum atomic E-state index is 14.3. The van der Waals surface area contributed by atoms with Crippen molar-refractivity contribution in [2.75, 3.05) is 20.3 Å². The van der Waals surface area contributed by atoms with E-state index in [2.05, 4.69) is 17.2 Å². The Morgan fingerprint density at radius 1 is 1.18 bits per heavy atom. The third-order valence-corrected chi connectivity index (χ3v) is 10.2. The molecule has 270 valence electrons. The number of unbranched alkanes of at least 4 members (excludes halogenated alkanes) is 1. The third-order valence-electron chi connectivity index (χ3n) is 10.2. The Balaban J connectivity index is 1.41. The van der Waals surface area contributed by atoms with Gasteiger partial charge in [0.05, 0.1) is 31.5 Å². The zero-order chi connectivity index (χ0) is 36.1. The number of ether oxygens (including phenoxy) is 3. The monoisotopic (exact) mass is 698 g/mol. The minimum atomic E-state index is -1.48. The van der Waals surface area contributed by atoms with Crippen LogP contribution in [-0.2, 0) is 25.5 Å². The van der Waals surface area contributed by atoms with E-state index >= 15 is 0 Å². The molecule has 3 aliphatic rings. The molecule has 4 bridgehead atoms.